The molecule has 0 amide bonds. The van der Waals surface area contributed by atoms with Crippen molar-refractivity contribution in [3.05, 3.63) is 34.1 Å². The minimum atomic E-state index is -0.130. The molecule has 0 aromatic heterocycles. The summed E-state index contributed by atoms with van der Waals surface area (Å²) in [6, 6.07) is 5.83. The van der Waals surface area contributed by atoms with Crippen LogP contribution in [0.5, 0.6) is 0 Å². The highest BCUT2D eigenvalue weighted by molar-refractivity contribution is 9.10. The molecule has 1 aliphatic carbocycles. The van der Waals surface area contributed by atoms with E-state index >= 15 is 0 Å². The van der Waals surface area contributed by atoms with Gasteiger partial charge in [-0.25, -0.2) is 4.39 Å². The Balaban J connectivity index is 1.92. The highest BCUT2D eigenvalue weighted by Crippen LogP contribution is 2.19. The molecule has 1 saturated carbocycles. The molecule has 1 fully saturated rings. The van der Waals surface area contributed by atoms with Crippen LogP contribution in [0.1, 0.15) is 31.2 Å². The van der Waals surface area contributed by atoms with Crippen LogP contribution in [0.25, 0.3) is 0 Å². The van der Waals surface area contributed by atoms with Gasteiger partial charge in [-0.1, -0.05) is 34.8 Å². The molecular formula is C12H15BrFN. The lowest BCUT2D eigenvalue weighted by molar-refractivity contribution is 0.508. The van der Waals surface area contributed by atoms with E-state index in [1.165, 1.54) is 31.7 Å². The number of hydrogen-bond donors (Lipinski definition) is 1. The Labute approximate surface area is 98.2 Å². The van der Waals surface area contributed by atoms with Gasteiger partial charge in [-0.05, 0) is 25.0 Å². The van der Waals surface area contributed by atoms with Gasteiger partial charge in [0.15, 0.2) is 0 Å². The number of nitrogens with one attached hydrogen (secondary N) is 1. The molecule has 1 N–H and O–H groups in total. The SMILES string of the molecule is Fc1cc(Br)ccc1CNC1CCCC1. The van der Waals surface area contributed by atoms with Crippen LogP contribution in [-0.2, 0) is 6.54 Å². The van der Waals surface area contributed by atoms with E-state index in [0.29, 0.717) is 12.6 Å². The zero-order chi connectivity index (χ0) is 10.7. The van der Waals surface area contributed by atoms with Gasteiger partial charge >= 0.3 is 0 Å². The molecule has 1 nitrogen and oxygen atoms in total. The normalized spacial score (nSPS) is 17.2. The van der Waals surface area contributed by atoms with Crippen molar-refractivity contribution >= 4 is 15.9 Å². The third kappa shape index (κ3) is 3.02. The smallest absolute Gasteiger partial charge is 0.128 e. The maximum atomic E-state index is 13.5. The van der Waals surface area contributed by atoms with Crippen LogP contribution in [0.2, 0.25) is 0 Å². The molecule has 0 heterocycles. The summed E-state index contributed by atoms with van der Waals surface area (Å²) in [6.45, 7) is 0.643. The second-order valence-electron chi connectivity index (χ2n) is 4.10. The van der Waals surface area contributed by atoms with Gasteiger partial charge in [0.25, 0.3) is 0 Å². The van der Waals surface area contributed by atoms with Gasteiger partial charge in [-0.2, -0.15) is 0 Å². The molecule has 0 aliphatic heterocycles. The van der Waals surface area contributed by atoms with Crippen LogP contribution in [0, 0.1) is 5.82 Å². The minimum absolute atomic E-state index is 0.130. The summed E-state index contributed by atoms with van der Waals surface area (Å²) in [6.07, 6.45) is 5.08. The average molecular weight is 272 g/mol. The Kier molecular flexibility index (Phi) is 3.76. The molecule has 1 aromatic carbocycles. The molecule has 0 saturated heterocycles. The second-order valence-corrected chi connectivity index (χ2v) is 5.01. The van der Waals surface area contributed by atoms with Gasteiger partial charge in [0.2, 0.25) is 0 Å². The van der Waals surface area contributed by atoms with Crippen LogP contribution >= 0.6 is 15.9 Å². The summed E-state index contributed by atoms with van der Waals surface area (Å²) in [5.41, 5.74) is 0.755. The summed E-state index contributed by atoms with van der Waals surface area (Å²) in [4.78, 5) is 0. The highest BCUT2D eigenvalue weighted by Gasteiger charge is 2.14. The molecule has 1 aromatic rings. The van der Waals surface area contributed by atoms with Crippen LogP contribution in [0.3, 0.4) is 0 Å². The summed E-state index contributed by atoms with van der Waals surface area (Å²) in [5, 5.41) is 3.40. The van der Waals surface area contributed by atoms with Crippen molar-refractivity contribution in [3.8, 4) is 0 Å². The molecule has 82 valence electrons. The Morgan fingerprint density at radius 3 is 2.73 bits per heavy atom. The van der Waals surface area contributed by atoms with Crippen molar-refractivity contribution in [2.75, 3.05) is 0 Å². The van der Waals surface area contributed by atoms with E-state index in [-0.39, 0.29) is 5.82 Å². The Bertz CT molecular complexity index is 334. The zero-order valence-electron chi connectivity index (χ0n) is 8.60. The second kappa shape index (κ2) is 5.08. The van der Waals surface area contributed by atoms with E-state index in [4.69, 9.17) is 0 Å². The summed E-state index contributed by atoms with van der Waals surface area (Å²) in [7, 11) is 0. The number of benzene rings is 1. The van der Waals surface area contributed by atoms with Gasteiger partial charge in [0, 0.05) is 22.6 Å². The van der Waals surface area contributed by atoms with Gasteiger partial charge in [-0.3, -0.25) is 0 Å². The molecular weight excluding hydrogens is 257 g/mol. The molecule has 1 aliphatic rings. The van der Waals surface area contributed by atoms with Crippen LogP contribution in [0.4, 0.5) is 4.39 Å². The number of rotatable bonds is 3. The van der Waals surface area contributed by atoms with Crippen molar-refractivity contribution in [3.63, 3.8) is 0 Å². The number of hydrogen-bond acceptors (Lipinski definition) is 1. The van der Waals surface area contributed by atoms with E-state index < -0.39 is 0 Å². The predicted molar refractivity (Wildman–Crippen MR) is 63.2 cm³/mol. The van der Waals surface area contributed by atoms with Gasteiger partial charge in [-0.15, -0.1) is 0 Å². The van der Waals surface area contributed by atoms with Crippen molar-refractivity contribution < 1.29 is 4.39 Å². The zero-order valence-corrected chi connectivity index (χ0v) is 10.2. The Morgan fingerprint density at radius 2 is 2.07 bits per heavy atom. The molecule has 0 unspecified atom stereocenters. The first kappa shape index (κ1) is 11.1. The topological polar surface area (TPSA) is 12.0 Å². The fraction of sp³-hybridized carbons (Fsp3) is 0.500. The fourth-order valence-electron chi connectivity index (χ4n) is 2.05. The lowest BCUT2D eigenvalue weighted by atomic mass is 10.2. The summed E-state index contributed by atoms with van der Waals surface area (Å²) < 4.78 is 14.3. The van der Waals surface area contributed by atoms with E-state index in [9.17, 15) is 4.39 Å². The van der Waals surface area contributed by atoms with Gasteiger partial charge < -0.3 is 5.32 Å². The molecule has 0 radical (unpaired) electrons. The largest absolute Gasteiger partial charge is 0.310 e. The van der Waals surface area contributed by atoms with E-state index in [2.05, 4.69) is 21.2 Å². The van der Waals surface area contributed by atoms with Crippen molar-refractivity contribution in [2.24, 2.45) is 0 Å². The predicted octanol–water partition coefficient (Wildman–Crippen LogP) is 3.62. The molecule has 2 rings (SSSR count). The summed E-state index contributed by atoms with van der Waals surface area (Å²) >= 11 is 3.25. The molecule has 15 heavy (non-hydrogen) atoms. The first-order chi connectivity index (χ1) is 7.25. The fourth-order valence-corrected chi connectivity index (χ4v) is 2.38. The molecule has 3 heteroatoms. The lowest BCUT2D eigenvalue weighted by Gasteiger charge is -2.12. The monoisotopic (exact) mass is 271 g/mol. The van der Waals surface area contributed by atoms with Gasteiger partial charge in [0.1, 0.15) is 5.82 Å². The summed E-state index contributed by atoms with van der Waals surface area (Å²) in [5.74, 6) is -0.130. The maximum absolute atomic E-state index is 13.5. The van der Waals surface area contributed by atoms with Crippen LogP contribution < -0.4 is 5.32 Å². The third-order valence-electron chi connectivity index (χ3n) is 2.95. The molecule has 0 atom stereocenters. The van der Waals surface area contributed by atoms with Crippen LogP contribution in [-0.4, -0.2) is 6.04 Å². The first-order valence-corrected chi connectivity index (χ1v) is 6.22. The Morgan fingerprint density at radius 1 is 1.33 bits per heavy atom. The quantitative estimate of drug-likeness (QED) is 0.886. The van der Waals surface area contributed by atoms with Crippen molar-refractivity contribution in [1.82, 2.24) is 5.32 Å². The van der Waals surface area contributed by atoms with Crippen molar-refractivity contribution in [2.45, 2.75) is 38.3 Å². The van der Waals surface area contributed by atoms with E-state index in [1.807, 2.05) is 12.1 Å². The minimum Gasteiger partial charge on any atom is -0.310 e. The maximum Gasteiger partial charge on any atom is 0.128 e. The standard InChI is InChI=1S/C12H15BrFN/c13-10-6-5-9(12(14)7-10)8-15-11-3-1-2-4-11/h5-7,11,15H,1-4,8H2. The van der Waals surface area contributed by atoms with Crippen molar-refractivity contribution in [1.29, 1.82) is 0 Å². The molecule has 0 bridgehead atoms. The van der Waals surface area contributed by atoms with Crippen LogP contribution in [0.15, 0.2) is 22.7 Å². The Hall–Kier alpha value is -0.410. The third-order valence-corrected chi connectivity index (χ3v) is 3.44. The number of halogens is 2. The lowest BCUT2D eigenvalue weighted by Crippen LogP contribution is -2.25. The highest BCUT2D eigenvalue weighted by atomic mass is 79.9. The average Bonchev–Trinajstić information content (AvgIpc) is 2.69. The van der Waals surface area contributed by atoms with E-state index in [0.717, 1.165) is 10.0 Å². The van der Waals surface area contributed by atoms with Gasteiger partial charge in [0.05, 0.1) is 0 Å². The van der Waals surface area contributed by atoms with E-state index in [1.54, 1.807) is 0 Å². The first-order valence-electron chi connectivity index (χ1n) is 5.43. The molecule has 0 spiro atoms.